The van der Waals surface area contributed by atoms with Crippen molar-refractivity contribution in [1.82, 2.24) is 4.98 Å². The van der Waals surface area contributed by atoms with Gasteiger partial charge in [-0.05, 0) is 30.7 Å². The highest BCUT2D eigenvalue weighted by molar-refractivity contribution is 7.22. The normalized spacial score (nSPS) is 11.5. The molecule has 4 aromatic rings. The molecule has 0 unspecified atom stereocenters. The van der Waals surface area contributed by atoms with E-state index in [-0.39, 0.29) is 0 Å². The third-order valence-corrected chi connectivity index (χ3v) is 4.83. The first-order chi connectivity index (χ1) is 9.75. The lowest BCUT2D eigenvalue weighted by molar-refractivity contribution is -0.636. The summed E-state index contributed by atoms with van der Waals surface area (Å²) in [5.74, 6) is 0. The van der Waals surface area contributed by atoms with Crippen LogP contribution in [0.3, 0.4) is 0 Å². The average Bonchev–Trinajstić information content (AvgIpc) is 2.97. The van der Waals surface area contributed by atoms with Crippen molar-refractivity contribution in [2.45, 2.75) is 6.92 Å². The van der Waals surface area contributed by atoms with Crippen LogP contribution in [0.1, 0.15) is 5.56 Å². The Kier molecular flexibility index (Phi) is 2.41. The van der Waals surface area contributed by atoms with Gasteiger partial charge in [0.15, 0.2) is 10.3 Å². The lowest BCUT2D eigenvalue weighted by Crippen LogP contribution is -2.28. The lowest BCUT2D eigenvalue weighted by Gasteiger charge is -1.98. The summed E-state index contributed by atoms with van der Waals surface area (Å²) in [6.45, 7) is 2.13. The maximum Gasteiger partial charge on any atom is 0.394 e. The van der Waals surface area contributed by atoms with Gasteiger partial charge >= 0.3 is 5.71 Å². The van der Waals surface area contributed by atoms with Gasteiger partial charge < -0.3 is 4.42 Å². The van der Waals surface area contributed by atoms with Crippen molar-refractivity contribution in [2.24, 2.45) is 7.05 Å². The number of hydrogen-bond acceptors (Lipinski definition) is 3. The third-order valence-electron chi connectivity index (χ3n) is 3.57. The molecule has 1 aromatic carbocycles. The molecule has 0 bridgehead atoms. The number of rotatable bonds is 1. The van der Waals surface area contributed by atoms with Gasteiger partial charge in [-0.3, -0.25) is 4.98 Å². The standard InChI is InChI=1S/C16H13N2OS/c1-10-6-3-4-7-11(10)16-18(2)15-14(20-16)13-12(19-15)8-5-9-17-13/h3-9H,1-2H3/q+1. The largest absolute Gasteiger partial charge is 0.402 e. The van der Waals surface area contributed by atoms with E-state index in [1.54, 1.807) is 11.3 Å². The molecule has 98 valence electrons. The highest BCUT2D eigenvalue weighted by Gasteiger charge is 2.26. The summed E-state index contributed by atoms with van der Waals surface area (Å²) in [5, 5.41) is 1.20. The smallest absolute Gasteiger partial charge is 0.394 e. The van der Waals surface area contributed by atoms with Crippen molar-refractivity contribution in [3.05, 3.63) is 48.2 Å². The van der Waals surface area contributed by atoms with E-state index in [4.69, 9.17) is 4.42 Å². The molecule has 20 heavy (non-hydrogen) atoms. The minimum absolute atomic E-state index is 0.848. The molecular formula is C16H13N2OS+. The van der Waals surface area contributed by atoms with Crippen LogP contribution in [0, 0.1) is 6.92 Å². The first kappa shape index (κ1) is 11.6. The van der Waals surface area contributed by atoms with Gasteiger partial charge in [0.25, 0.3) is 5.01 Å². The molecule has 0 saturated carbocycles. The van der Waals surface area contributed by atoms with Crippen molar-refractivity contribution < 1.29 is 8.98 Å². The van der Waals surface area contributed by atoms with Crippen molar-refractivity contribution in [2.75, 3.05) is 0 Å². The summed E-state index contributed by atoms with van der Waals surface area (Å²) in [7, 11) is 2.04. The van der Waals surface area contributed by atoms with Gasteiger partial charge in [-0.25, -0.2) is 0 Å². The van der Waals surface area contributed by atoms with Crippen LogP contribution in [-0.2, 0) is 7.05 Å². The maximum absolute atomic E-state index is 5.94. The number of fused-ring (bicyclic) bond motifs is 3. The lowest BCUT2D eigenvalue weighted by atomic mass is 10.1. The number of aryl methyl sites for hydroxylation is 2. The summed E-state index contributed by atoms with van der Waals surface area (Å²) in [4.78, 5) is 4.44. The molecule has 3 heterocycles. The Morgan fingerprint density at radius 1 is 1.15 bits per heavy atom. The number of nitrogens with zero attached hydrogens (tertiary/aromatic N) is 2. The van der Waals surface area contributed by atoms with Crippen LogP contribution >= 0.6 is 11.3 Å². The highest BCUT2D eigenvalue weighted by Crippen LogP contribution is 2.35. The minimum Gasteiger partial charge on any atom is -0.402 e. The summed E-state index contributed by atoms with van der Waals surface area (Å²) in [6, 6.07) is 12.3. The molecule has 4 rings (SSSR count). The highest BCUT2D eigenvalue weighted by atomic mass is 32.1. The molecule has 0 atom stereocenters. The van der Waals surface area contributed by atoms with Crippen LogP contribution < -0.4 is 4.57 Å². The van der Waals surface area contributed by atoms with Gasteiger partial charge in [0, 0.05) is 6.20 Å². The third kappa shape index (κ3) is 1.51. The van der Waals surface area contributed by atoms with Crippen LogP contribution in [0.25, 0.3) is 32.1 Å². The number of benzene rings is 1. The van der Waals surface area contributed by atoms with E-state index in [0.717, 1.165) is 21.5 Å². The maximum atomic E-state index is 5.94. The molecule has 0 aliphatic rings. The second kappa shape index (κ2) is 4.15. The molecule has 0 spiro atoms. The van der Waals surface area contributed by atoms with Crippen molar-refractivity contribution in [3.63, 3.8) is 0 Å². The summed E-state index contributed by atoms with van der Waals surface area (Å²) in [6.07, 6.45) is 1.81. The van der Waals surface area contributed by atoms with Gasteiger partial charge in [-0.2, -0.15) is 4.57 Å². The Hall–Kier alpha value is -2.20. The average molecular weight is 281 g/mol. The zero-order valence-corrected chi connectivity index (χ0v) is 12.1. The Balaban J connectivity index is 2.07. The molecule has 0 fully saturated rings. The molecular weight excluding hydrogens is 268 g/mol. The van der Waals surface area contributed by atoms with E-state index in [2.05, 4.69) is 40.7 Å². The molecule has 4 heteroatoms. The monoisotopic (exact) mass is 281 g/mol. The number of pyridine rings is 1. The van der Waals surface area contributed by atoms with Gasteiger partial charge in [-0.15, -0.1) is 0 Å². The second-order valence-electron chi connectivity index (χ2n) is 4.87. The van der Waals surface area contributed by atoms with Crippen LogP contribution in [0.5, 0.6) is 0 Å². The SMILES string of the molecule is Cc1ccccc1-c1sc2c3ncccc3oc2[n+]1C. The molecule has 0 aliphatic heterocycles. The molecule has 0 N–H and O–H groups in total. The first-order valence-electron chi connectivity index (χ1n) is 6.48. The number of furan rings is 1. The fourth-order valence-corrected chi connectivity index (χ4v) is 3.78. The molecule has 3 aromatic heterocycles. The fourth-order valence-electron chi connectivity index (χ4n) is 2.51. The quantitative estimate of drug-likeness (QED) is 0.496. The van der Waals surface area contributed by atoms with Gasteiger partial charge in [0.1, 0.15) is 12.6 Å². The van der Waals surface area contributed by atoms with Crippen LogP contribution in [-0.4, -0.2) is 4.98 Å². The molecule has 0 saturated heterocycles. The number of thiazole rings is 1. The molecule has 0 radical (unpaired) electrons. The predicted molar refractivity (Wildman–Crippen MR) is 80.7 cm³/mol. The van der Waals surface area contributed by atoms with Gasteiger partial charge in [0.2, 0.25) is 0 Å². The minimum atomic E-state index is 0.848. The molecule has 3 nitrogen and oxygen atoms in total. The molecule has 0 amide bonds. The number of hydrogen-bond donors (Lipinski definition) is 0. The van der Waals surface area contributed by atoms with Crippen LogP contribution in [0.2, 0.25) is 0 Å². The Labute approximate surface area is 120 Å². The van der Waals surface area contributed by atoms with Gasteiger partial charge in [0.05, 0.1) is 5.56 Å². The van der Waals surface area contributed by atoms with Crippen LogP contribution in [0.4, 0.5) is 0 Å². The van der Waals surface area contributed by atoms with Crippen molar-refractivity contribution in [3.8, 4) is 10.6 Å². The summed E-state index contributed by atoms with van der Waals surface area (Å²) < 4.78 is 9.16. The first-order valence-corrected chi connectivity index (χ1v) is 7.29. The Morgan fingerprint density at radius 2 is 2.00 bits per heavy atom. The predicted octanol–water partition coefficient (Wildman–Crippen LogP) is 3.84. The fraction of sp³-hybridized carbons (Fsp3) is 0.125. The second-order valence-corrected chi connectivity index (χ2v) is 5.87. The zero-order chi connectivity index (χ0) is 13.7. The Bertz CT molecular complexity index is 936. The molecule has 0 aliphatic carbocycles. The number of aromatic nitrogens is 2. The van der Waals surface area contributed by atoms with E-state index in [1.807, 2.05) is 25.4 Å². The van der Waals surface area contributed by atoms with Crippen LogP contribution in [0.15, 0.2) is 47.0 Å². The Morgan fingerprint density at radius 3 is 2.85 bits per heavy atom. The van der Waals surface area contributed by atoms with E-state index in [1.165, 1.54) is 16.1 Å². The van der Waals surface area contributed by atoms with E-state index in [0.29, 0.717) is 0 Å². The van der Waals surface area contributed by atoms with E-state index < -0.39 is 0 Å². The van der Waals surface area contributed by atoms with E-state index in [9.17, 15) is 0 Å². The van der Waals surface area contributed by atoms with Gasteiger partial charge in [-0.1, -0.05) is 29.5 Å². The van der Waals surface area contributed by atoms with E-state index >= 15 is 0 Å². The topological polar surface area (TPSA) is 29.9 Å². The van der Waals surface area contributed by atoms with Crippen molar-refractivity contribution in [1.29, 1.82) is 0 Å². The summed E-state index contributed by atoms with van der Waals surface area (Å²) in [5.41, 5.74) is 5.20. The zero-order valence-electron chi connectivity index (χ0n) is 11.3. The van der Waals surface area contributed by atoms with Crippen molar-refractivity contribution >= 4 is 32.8 Å². The summed E-state index contributed by atoms with van der Waals surface area (Å²) >= 11 is 1.73.